The van der Waals surface area contributed by atoms with Gasteiger partial charge >= 0.3 is 0 Å². The largest absolute Gasteiger partial charge is 0.378 e. The van der Waals surface area contributed by atoms with Crippen molar-refractivity contribution >= 4 is 22.5 Å². The van der Waals surface area contributed by atoms with Gasteiger partial charge in [0.05, 0.1) is 36.4 Å². The van der Waals surface area contributed by atoms with Crippen LogP contribution >= 0.6 is 0 Å². The molecule has 0 aliphatic heterocycles. The van der Waals surface area contributed by atoms with Gasteiger partial charge in [0.15, 0.2) is 0 Å². The predicted octanol–water partition coefficient (Wildman–Crippen LogP) is 2.70. The lowest BCUT2D eigenvalue weighted by Crippen LogP contribution is -2.18. The number of hydrogen-bond acceptors (Lipinski definition) is 4. The fourth-order valence-electron chi connectivity index (χ4n) is 2.45. The summed E-state index contributed by atoms with van der Waals surface area (Å²) in [5, 5.41) is 3.23. The third-order valence-electron chi connectivity index (χ3n) is 3.46. The molecule has 0 bridgehead atoms. The van der Waals surface area contributed by atoms with Gasteiger partial charge in [0.2, 0.25) is 5.91 Å². The van der Waals surface area contributed by atoms with E-state index in [-0.39, 0.29) is 24.0 Å². The average Bonchev–Trinajstić information content (AvgIpc) is 2.47. The highest BCUT2D eigenvalue weighted by molar-refractivity contribution is 5.93. The molecule has 0 saturated heterocycles. The summed E-state index contributed by atoms with van der Waals surface area (Å²) in [5.41, 5.74) is 0.950. The van der Waals surface area contributed by atoms with E-state index in [4.69, 9.17) is 4.74 Å². The Morgan fingerprint density at radius 3 is 2.87 bits per heavy atom. The number of aromatic amines is 1. The summed E-state index contributed by atoms with van der Waals surface area (Å²) >= 11 is 0. The van der Waals surface area contributed by atoms with Gasteiger partial charge in [0.25, 0.3) is 5.56 Å². The molecule has 1 heterocycles. The third kappa shape index (κ3) is 5.17. The van der Waals surface area contributed by atoms with Crippen molar-refractivity contribution in [3.63, 3.8) is 0 Å². The Kier molecular flexibility index (Phi) is 5.87. The van der Waals surface area contributed by atoms with Gasteiger partial charge < -0.3 is 15.0 Å². The molecule has 0 spiro atoms. The van der Waals surface area contributed by atoms with E-state index in [0.29, 0.717) is 29.1 Å². The van der Waals surface area contributed by atoms with E-state index in [9.17, 15) is 9.59 Å². The second-order valence-electron chi connectivity index (χ2n) is 6.07. The number of carbonyl (C=O) groups excluding carboxylic acids is 1. The molecule has 0 aliphatic carbocycles. The normalized spacial score (nSPS) is 12.5. The van der Waals surface area contributed by atoms with Gasteiger partial charge in [0, 0.05) is 5.69 Å². The van der Waals surface area contributed by atoms with Crippen molar-refractivity contribution in [1.29, 1.82) is 0 Å². The quantitative estimate of drug-likeness (QED) is 0.822. The van der Waals surface area contributed by atoms with Gasteiger partial charge in [-0.3, -0.25) is 9.59 Å². The molecule has 2 N–H and O–H groups in total. The number of nitrogens with zero attached hydrogens (tertiary/aromatic N) is 1. The maximum atomic E-state index is 11.9. The number of carbonyl (C=O) groups is 1. The lowest BCUT2D eigenvalue weighted by atomic mass is 10.1. The van der Waals surface area contributed by atoms with Gasteiger partial charge in [-0.25, -0.2) is 4.98 Å². The minimum atomic E-state index is -0.225. The number of aromatic nitrogens is 2. The van der Waals surface area contributed by atoms with Crippen molar-refractivity contribution in [3.05, 3.63) is 34.9 Å². The summed E-state index contributed by atoms with van der Waals surface area (Å²) in [6.07, 6.45) is 2.76. The molecule has 2 rings (SSSR count). The van der Waals surface area contributed by atoms with Gasteiger partial charge in [-0.15, -0.1) is 0 Å². The summed E-state index contributed by atoms with van der Waals surface area (Å²) < 4.78 is 5.62. The van der Waals surface area contributed by atoms with Crippen LogP contribution in [0.15, 0.2) is 29.3 Å². The molecule has 2 aromatic rings. The Bertz CT molecular complexity index is 724. The average molecular weight is 317 g/mol. The number of benzene rings is 1. The lowest BCUT2D eigenvalue weighted by molar-refractivity contribution is -0.117. The molecule has 0 unspecified atom stereocenters. The van der Waals surface area contributed by atoms with E-state index >= 15 is 0 Å². The summed E-state index contributed by atoms with van der Waals surface area (Å²) in [6, 6.07) is 5.07. The predicted molar refractivity (Wildman–Crippen MR) is 90.5 cm³/mol. The fourth-order valence-corrected chi connectivity index (χ4v) is 2.45. The summed E-state index contributed by atoms with van der Waals surface area (Å²) in [5.74, 6) is 0.435. The molecular weight excluding hydrogens is 294 g/mol. The molecular formula is C17H23N3O3. The van der Waals surface area contributed by atoms with Crippen LogP contribution in [0.1, 0.15) is 33.6 Å². The fraction of sp³-hybridized carbons (Fsp3) is 0.471. The van der Waals surface area contributed by atoms with Crippen molar-refractivity contribution in [2.75, 3.05) is 11.9 Å². The van der Waals surface area contributed by atoms with E-state index in [0.717, 1.165) is 6.42 Å². The van der Waals surface area contributed by atoms with E-state index < -0.39 is 0 Å². The lowest BCUT2D eigenvalue weighted by Gasteiger charge is -2.15. The Morgan fingerprint density at radius 1 is 1.35 bits per heavy atom. The van der Waals surface area contributed by atoms with Gasteiger partial charge in [-0.1, -0.05) is 13.8 Å². The van der Waals surface area contributed by atoms with E-state index in [2.05, 4.69) is 29.1 Å². The number of nitrogens with one attached hydrogen (secondary N) is 2. The topological polar surface area (TPSA) is 84.1 Å². The zero-order valence-electron chi connectivity index (χ0n) is 13.8. The number of anilines is 1. The number of amides is 1. The second kappa shape index (κ2) is 7.87. The molecule has 1 aromatic heterocycles. The monoisotopic (exact) mass is 317 g/mol. The number of H-pyrrole nitrogens is 1. The molecule has 23 heavy (non-hydrogen) atoms. The first-order chi connectivity index (χ1) is 11.0. The van der Waals surface area contributed by atoms with Crippen molar-refractivity contribution in [3.8, 4) is 0 Å². The van der Waals surface area contributed by atoms with Crippen LogP contribution in [0, 0.1) is 5.92 Å². The highest BCUT2D eigenvalue weighted by Crippen LogP contribution is 2.14. The summed E-state index contributed by atoms with van der Waals surface area (Å²) in [6.45, 7) is 6.68. The minimum absolute atomic E-state index is 0.138. The van der Waals surface area contributed by atoms with Crippen LogP contribution in [0.2, 0.25) is 0 Å². The first-order valence-corrected chi connectivity index (χ1v) is 7.84. The first kappa shape index (κ1) is 17.1. The Balaban J connectivity index is 1.88. The Morgan fingerprint density at radius 2 is 2.13 bits per heavy atom. The van der Waals surface area contributed by atoms with E-state index in [1.807, 2.05) is 6.92 Å². The molecule has 1 atom stereocenters. The van der Waals surface area contributed by atoms with Crippen LogP contribution in [0.4, 0.5) is 5.69 Å². The number of fused-ring (bicyclic) bond motifs is 1. The summed E-state index contributed by atoms with van der Waals surface area (Å²) in [4.78, 5) is 30.3. The molecule has 1 amide bonds. The van der Waals surface area contributed by atoms with Crippen LogP contribution in [-0.2, 0) is 9.53 Å². The van der Waals surface area contributed by atoms with Crippen molar-refractivity contribution in [1.82, 2.24) is 9.97 Å². The molecule has 1 aromatic carbocycles. The van der Waals surface area contributed by atoms with Gasteiger partial charge in [-0.2, -0.15) is 0 Å². The maximum absolute atomic E-state index is 11.9. The molecule has 6 heteroatoms. The molecule has 0 radical (unpaired) electrons. The maximum Gasteiger partial charge on any atom is 0.258 e. The van der Waals surface area contributed by atoms with Crippen molar-refractivity contribution in [2.45, 2.75) is 39.7 Å². The van der Waals surface area contributed by atoms with Gasteiger partial charge in [0.1, 0.15) is 0 Å². The minimum Gasteiger partial charge on any atom is -0.378 e. The van der Waals surface area contributed by atoms with E-state index in [1.54, 1.807) is 18.2 Å². The first-order valence-electron chi connectivity index (χ1n) is 7.84. The summed E-state index contributed by atoms with van der Waals surface area (Å²) in [7, 11) is 0. The van der Waals surface area contributed by atoms with Crippen LogP contribution in [0.3, 0.4) is 0 Å². The third-order valence-corrected chi connectivity index (χ3v) is 3.46. The molecule has 0 aliphatic rings. The number of rotatable bonds is 7. The van der Waals surface area contributed by atoms with Crippen LogP contribution in [0.25, 0.3) is 10.9 Å². The molecule has 0 fully saturated rings. The molecule has 124 valence electrons. The smallest absolute Gasteiger partial charge is 0.258 e. The number of ether oxygens (including phenoxy) is 1. The highest BCUT2D eigenvalue weighted by Gasteiger charge is 2.08. The van der Waals surface area contributed by atoms with E-state index in [1.165, 1.54) is 6.33 Å². The van der Waals surface area contributed by atoms with Gasteiger partial charge in [-0.05, 0) is 37.5 Å². The molecule has 6 nitrogen and oxygen atoms in total. The Hall–Kier alpha value is -2.21. The molecule has 0 saturated carbocycles. The highest BCUT2D eigenvalue weighted by atomic mass is 16.5. The van der Waals surface area contributed by atoms with Crippen molar-refractivity contribution in [2.24, 2.45) is 5.92 Å². The second-order valence-corrected chi connectivity index (χ2v) is 6.07. The Labute approximate surface area is 135 Å². The zero-order chi connectivity index (χ0) is 16.8. The van der Waals surface area contributed by atoms with Crippen LogP contribution < -0.4 is 10.9 Å². The SMILES string of the molecule is CC(C)C[C@@H](C)OCCC(=O)Nc1ccc2nc[nH]c(=O)c2c1. The van der Waals surface area contributed by atoms with Crippen LogP contribution in [0.5, 0.6) is 0 Å². The zero-order valence-corrected chi connectivity index (χ0v) is 13.8. The van der Waals surface area contributed by atoms with Crippen molar-refractivity contribution < 1.29 is 9.53 Å². The standard InChI is InChI=1S/C17H23N3O3/c1-11(2)8-12(3)23-7-6-16(21)20-13-4-5-15-14(9-13)17(22)19-10-18-15/h4-5,9-12H,6-8H2,1-3H3,(H,20,21)(H,18,19,22)/t12-/m1/s1. The number of hydrogen-bond donors (Lipinski definition) is 2. The van der Waals surface area contributed by atoms with Crippen LogP contribution in [-0.4, -0.2) is 28.6 Å².